The Hall–Kier alpha value is -3.96. The lowest BCUT2D eigenvalue weighted by Crippen LogP contribution is -2.60. The van der Waals surface area contributed by atoms with Crippen LogP contribution in [0.1, 0.15) is 89.5 Å². The van der Waals surface area contributed by atoms with Gasteiger partial charge in [0.25, 0.3) is 11.8 Å². The quantitative estimate of drug-likeness (QED) is 0.250. The largest absolute Gasteiger partial charge is 0.345 e. The average Bonchev–Trinajstić information content (AvgIpc) is 2.96. The highest BCUT2D eigenvalue weighted by atomic mass is 16.2. The molecule has 0 bridgehead atoms. The molecular formula is C31H44N6O6. The third-order valence-corrected chi connectivity index (χ3v) is 8.40. The first-order valence-corrected chi connectivity index (χ1v) is 15.1. The van der Waals surface area contributed by atoms with E-state index in [1.165, 1.54) is 18.6 Å². The number of aromatic nitrogens is 2. The standard InChI is InChI=1S/C31H44N6O6/c1-6-21(25(39)30(43)33-7-2)35-27(40)20-14-13-19(20)24(38)26(31(3,4)5)37-29(42)23(18-11-9-8-10-12-18)36-28(41)22-17-32-15-16-34-22/h7,15-21,23,26H,2,6,8-14H2,1,3-5H3,(H,33,43)(H,35,40)(H,36,41)(H,37,42)/t19?,20?,21?,23-,26+/m0/s1. The highest BCUT2D eigenvalue weighted by Gasteiger charge is 2.48. The van der Waals surface area contributed by atoms with Crippen LogP contribution in [0.2, 0.25) is 0 Å². The van der Waals surface area contributed by atoms with Crippen LogP contribution in [0.15, 0.2) is 31.4 Å². The van der Waals surface area contributed by atoms with Crippen LogP contribution in [-0.4, -0.2) is 63.3 Å². The van der Waals surface area contributed by atoms with Crippen LogP contribution in [0.3, 0.4) is 0 Å². The summed E-state index contributed by atoms with van der Waals surface area (Å²) in [5.41, 5.74) is -0.603. The number of nitrogens with zero attached hydrogens (tertiary/aromatic N) is 2. The Labute approximate surface area is 252 Å². The molecule has 2 aliphatic rings. The van der Waals surface area contributed by atoms with Gasteiger partial charge in [-0.05, 0) is 49.6 Å². The second-order valence-corrected chi connectivity index (χ2v) is 12.5. The second kappa shape index (κ2) is 15.0. The van der Waals surface area contributed by atoms with Crippen molar-refractivity contribution in [2.24, 2.45) is 23.2 Å². The van der Waals surface area contributed by atoms with Crippen molar-refractivity contribution in [1.29, 1.82) is 0 Å². The summed E-state index contributed by atoms with van der Waals surface area (Å²) in [7, 11) is 0. The summed E-state index contributed by atoms with van der Waals surface area (Å²) in [6, 6.07) is -2.83. The van der Waals surface area contributed by atoms with Crippen molar-refractivity contribution in [3.05, 3.63) is 37.1 Å². The van der Waals surface area contributed by atoms with Gasteiger partial charge in [0.2, 0.25) is 17.6 Å². The third-order valence-electron chi connectivity index (χ3n) is 8.40. The first kappa shape index (κ1) is 33.5. The molecule has 12 heteroatoms. The maximum absolute atomic E-state index is 13.9. The van der Waals surface area contributed by atoms with E-state index in [9.17, 15) is 28.8 Å². The second-order valence-electron chi connectivity index (χ2n) is 12.5. The van der Waals surface area contributed by atoms with E-state index < -0.39 is 64.8 Å². The average molecular weight is 597 g/mol. The van der Waals surface area contributed by atoms with E-state index in [0.29, 0.717) is 12.8 Å². The summed E-state index contributed by atoms with van der Waals surface area (Å²) in [5.74, 6) is -4.87. The predicted molar refractivity (Wildman–Crippen MR) is 158 cm³/mol. The fraction of sp³-hybridized carbons (Fsp3) is 0.613. The van der Waals surface area contributed by atoms with Gasteiger partial charge in [0.1, 0.15) is 11.7 Å². The molecule has 0 saturated heterocycles. The summed E-state index contributed by atoms with van der Waals surface area (Å²) in [6.07, 6.45) is 10.8. The molecule has 0 spiro atoms. The van der Waals surface area contributed by atoms with Crippen molar-refractivity contribution in [3.63, 3.8) is 0 Å². The zero-order chi connectivity index (χ0) is 31.7. The molecule has 5 atom stereocenters. The highest BCUT2D eigenvalue weighted by molar-refractivity contribution is 6.38. The molecule has 3 unspecified atom stereocenters. The SMILES string of the molecule is C=CNC(=O)C(=O)C(CC)NC(=O)C1CCC1C(=O)[C@@H](NC(=O)[C@@H](NC(=O)c1cnccn1)C1CCCCC1)C(C)(C)C. The number of carbonyl (C=O) groups is 6. The monoisotopic (exact) mass is 596 g/mol. The number of amides is 4. The third kappa shape index (κ3) is 8.55. The van der Waals surface area contributed by atoms with Crippen molar-refractivity contribution < 1.29 is 28.8 Å². The van der Waals surface area contributed by atoms with Crippen molar-refractivity contribution >= 4 is 35.2 Å². The number of carbonyl (C=O) groups excluding carboxylic acids is 6. The first-order valence-electron chi connectivity index (χ1n) is 15.1. The van der Waals surface area contributed by atoms with E-state index in [1.807, 2.05) is 20.8 Å². The molecule has 0 radical (unpaired) electrons. The molecule has 4 N–H and O–H groups in total. The summed E-state index contributed by atoms with van der Waals surface area (Å²) < 4.78 is 0. The van der Waals surface area contributed by atoms with Gasteiger partial charge in [-0.3, -0.25) is 33.8 Å². The fourth-order valence-electron chi connectivity index (χ4n) is 5.77. The Bertz CT molecular complexity index is 1210. The van der Waals surface area contributed by atoms with Crippen molar-refractivity contribution in [3.8, 4) is 0 Å². The zero-order valence-electron chi connectivity index (χ0n) is 25.5. The van der Waals surface area contributed by atoms with Crippen LogP contribution >= 0.6 is 0 Å². The summed E-state index contributed by atoms with van der Waals surface area (Å²) in [6.45, 7) is 10.5. The van der Waals surface area contributed by atoms with Gasteiger partial charge in [-0.1, -0.05) is 53.5 Å². The van der Waals surface area contributed by atoms with Crippen LogP contribution in [0.4, 0.5) is 0 Å². The van der Waals surface area contributed by atoms with Gasteiger partial charge in [-0.15, -0.1) is 0 Å². The van der Waals surface area contributed by atoms with E-state index in [1.54, 1.807) is 6.92 Å². The van der Waals surface area contributed by atoms with Crippen LogP contribution in [0.25, 0.3) is 0 Å². The first-order chi connectivity index (χ1) is 20.4. The molecule has 234 valence electrons. The molecule has 1 aromatic heterocycles. The molecule has 4 amide bonds. The maximum Gasteiger partial charge on any atom is 0.293 e. The van der Waals surface area contributed by atoms with E-state index in [-0.39, 0.29) is 23.8 Å². The van der Waals surface area contributed by atoms with E-state index >= 15 is 0 Å². The lowest BCUT2D eigenvalue weighted by molar-refractivity contribution is -0.145. The number of hydrogen-bond donors (Lipinski definition) is 4. The Kier molecular flexibility index (Phi) is 11.7. The smallest absolute Gasteiger partial charge is 0.293 e. The van der Waals surface area contributed by atoms with E-state index in [2.05, 4.69) is 37.8 Å². The van der Waals surface area contributed by atoms with Crippen molar-refractivity contribution in [1.82, 2.24) is 31.2 Å². The maximum atomic E-state index is 13.9. The van der Waals surface area contributed by atoms with Crippen LogP contribution in [-0.2, 0) is 24.0 Å². The molecule has 2 saturated carbocycles. The highest BCUT2D eigenvalue weighted by Crippen LogP contribution is 2.38. The van der Waals surface area contributed by atoms with Crippen molar-refractivity contribution in [2.75, 3.05) is 0 Å². The molecule has 12 nitrogen and oxygen atoms in total. The number of ketones is 2. The Balaban J connectivity index is 1.75. The minimum absolute atomic E-state index is 0.0914. The van der Waals surface area contributed by atoms with Gasteiger partial charge in [0.15, 0.2) is 5.78 Å². The number of rotatable bonds is 13. The summed E-state index contributed by atoms with van der Waals surface area (Å²) >= 11 is 0. The molecule has 43 heavy (non-hydrogen) atoms. The summed E-state index contributed by atoms with van der Waals surface area (Å²) in [5, 5.41) is 10.6. The topological polar surface area (TPSA) is 176 Å². The van der Waals surface area contributed by atoms with Crippen LogP contribution < -0.4 is 21.3 Å². The molecule has 2 aliphatic carbocycles. The van der Waals surface area contributed by atoms with Gasteiger partial charge >= 0.3 is 0 Å². The lowest BCUT2D eigenvalue weighted by Gasteiger charge is -2.41. The molecule has 1 heterocycles. The molecule has 0 aliphatic heterocycles. The van der Waals surface area contributed by atoms with Gasteiger partial charge in [0.05, 0.1) is 18.3 Å². The Morgan fingerprint density at radius 1 is 0.953 bits per heavy atom. The minimum atomic E-state index is -1.03. The van der Waals surface area contributed by atoms with Gasteiger partial charge in [-0.2, -0.15) is 0 Å². The Morgan fingerprint density at radius 2 is 1.63 bits per heavy atom. The van der Waals surface area contributed by atoms with E-state index in [0.717, 1.165) is 38.3 Å². The minimum Gasteiger partial charge on any atom is -0.345 e. The van der Waals surface area contributed by atoms with E-state index in [4.69, 9.17) is 0 Å². The van der Waals surface area contributed by atoms with Crippen molar-refractivity contribution in [2.45, 2.75) is 97.2 Å². The number of nitrogens with one attached hydrogen (secondary N) is 4. The molecule has 3 rings (SSSR count). The molecule has 2 fully saturated rings. The van der Waals surface area contributed by atoms with Gasteiger partial charge in [-0.25, -0.2) is 4.98 Å². The van der Waals surface area contributed by atoms with Crippen LogP contribution in [0.5, 0.6) is 0 Å². The van der Waals surface area contributed by atoms with Gasteiger partial charge in [0, 0.05) is 24.2 Å². The number of Topliss-reactive ketones (excluding diaryl/α,β-unsaturated/α-hetero) is 2. The molecule has 0 aromatic carbocycles. The Morgan fingerprint density at radius 3 is 2.16 bits per heavy atom. The van der Waals surface area contributed by atoms with Gasteiger partial charge < -0.3 is 21.3 Å². The zero-order valence-corrected chi connectivity index (χ0v) is 25.5. The summed E-state index contributed by atoms with van der Waals surface area (Å²) in [4.78, 5) is 86.2. The fourth-order valence-corrected chi connectivity index (χ4v) is 5.77. The number of hydrogen-bond acceptors (Lipinski definition) is 8. The predicted octanol–water partition coefficient (Wildman–Crippen LogP) is 2.01. The normalized spacial score (nSPS) is 20.7. The van der Waals surface area contributed by atoms with Crippen LogP contribution in [0, 0.1) is 23.2 Å². The lowest BCUT2D eigenvalue weighted by atomic mass is 9.66. The molecule has 1 aromatic rings. The molecular weight excluding hydrogens is 552 g/mol.